The Bertz CT molecular complexity index is 273. The van der Waals surface area contributed by atoms with Crippen molar-refractivity contribution >= 4 is 15.9 Å². The summed E-state index contributed by atoms with van der Waals surface area (Å²) >= 11 is 3.85. The largest absolute Gasteiger partial charge is 0.374 e. The zero-order valence-corrected chi connectivity index (χ0v) is 14.1. The van der Waals surface area contributed by atoms with Crippen LogP contribution in [0.2, 0.25) is 0 Å². The second-order valence-corrected chi connectivity index (χ2v) is 8.24. The molecule has 0 spiro atoms. The Morgan fingerprint density at radius 1 is 1.11 bits per heavy atom. The third-order valence-electron chi connectivity index (χ3n) is 5.65. The summed E-state index contributed by atoms with van der Waals surface area (Å²) in [6.45, 7) is 9.42. The Kier molecular flexibility index (Phi) is 4.48. The Morgan fingerprint density at radius 2 is 1.67 bits per heavy atom. The summed E-state index contributed by atoms with van der Waals surface area (Å²) in [7, 11) is 0. The fourth-order valence-electron chi connectivity index (χ4n) is 3.78. The highest BCUT2D eigenvalue weighted by Crippen LogP contribution is 2.53. The SMILES string of the molecule is CCC1(CC)C(Br)CC1OC1CCC(C)(C)CC1. The number of ether oxygens (including phenoxy) is 1. The molecule has 2 unspecified atom stereocenters. The van der Waals surface area contributed by atoms with E-state index in [9.17, 15) is 0 Å². The van der Waals surface area contributed by atoms with Gasteiger partial charge in [0.25, 0.3) is 0 Å². The molecule has 1 nitrogen and oxygen atoms in total. The molecule has 2 atom stereocenters. The molecular weight excluding hydrogens is 288 g/mol. The monoisotopic (exact) mass is 316 g/mol. The lowest BCUT2D eigenvalue weighted by Gasteiger charge is -2.54. The van der Waals surface area contributed by atoms with Crippen LogP contribution < -0.4 is 0 Å². The molecule has 2 fully saturated rings. The first-order chi connectivity index (χ1) is 8.43. The van der Waals surface area contributed by atoms with Crippen LogP contribution in [0.3, 0.4) is 0 Å². The molecule has 0 saturated heterocycles. The van der Waals surface area contributed by atoms with Crippen molar-refractivity contribution in [2.45, 2.75) is 89.7 Å². The molecule has 0 aromatic heterocycles. The van der Waals surface area contributed by atoms with Gasteiger partial charge in [0.15, 0.2) is 0 Å². The quantitative estimate of drug-likeness (QED) is 0.638. The first-order valence-corrected chi connectivity index (χ1v) is 8.64. The second kappa shape index (κ2) is 5.44. The highest BCUT2D eigenvalue weighted by molar-refractivity contribution is 9.09. The smallest absolute Gasteiger partial charge is 0.0656 e. The lowest BCUT2D eigenvalue weighted by atomic mass is 9.62. The lowest BCUT2D eigenvalue weighted by molar-refractivity contribution is -0.151. The molecule has 18 heavy (non-hydrogen) atoms. The van der Waals surface area contributed by atoms with Gasteiger partial charge in [0.05, 0.1) is 12.2 Å². The molecule has 0 aliphatic heterocycles. The molecule has 2 aliphatic carbocycles. The summed E-state index contributed by atoms with van der Waals surface area (Å²) in [4.78, 5) is 0.671. The van der Waals surface area contributed by atoms with Crippen LogP contribution in [0.25, 0.3) is 0 Å². The van der Waals surface area contributed by atoms with Gasteiger partial charge in [-0.15, -0.1) is 0 Å². The van der Waals surface area contributed by atoms with Crippen LogP contribution in [0.4, 0.5) is 0 Å². The molecule has 2 rings (SSSR count). The Morgan fingerprint density at radius 3 is 2.11 bits per heavy atom. The van der Waals surface area contributed by atoms with Crippen LogP contribution in [0.1, 0.15) is 72.6 Å². The Hall–Kier alpha value is 0.440. The van der Waals surface area contributed by atoms with Gasteiger partial charge in [-0.1, -0.05) is 43.6 Å². The maximum absolute atomic E-state index is 6.46. The number of rotatable bonds is 4. The van der Waals surface area contributed by atoms with Crippen molar-refractivity contribution in [2.24, 2.45) is 10.8 Å². The van der Waals surface area contributed by atoms with E-state index in [0.29, 0.717) is 27.9 Å². The normalized spacial score (nSPS) is 35.2. The van der Waals surface area contributed by atoms with Crippen LogP contribution >= 0.6 is 15.9 Å². The highest BCUT2D eigenvalue weighted by Gasteiger charge is 2.53. The molecular formula is C16H29BrO. The molecule has 0 aromatic carbocycles. The molecule has 0 radical (unpaired) electrons. The summed E-state index contributed by atoms with van der Waals surface area (Å²) in [6.07, 6.45) is 9.90. The zero-order chi connectivity index (χ0) is 13.4. The summed E-state index contributed by atoms with van der Waals surface area (Å²) in [5, 5.41) is 0. The van der Waals surface area contributed by atoms with E-state index in [2.05, 4.69) is 43.6 Å². The predicted octanol–water partition coefficient (Wildman–Crippen LogP) is 5.31. The molecule has 0 heterocycles. The second-order valence-electron chi connectivity index (χ2n) is 7.13. The Labute approximate surface area is 121 Å². The molecule has 0 amide bonds. The summed E-state index contributed by atoms with van der Waals surface area (Å²) in [6, 6.07) is 0. The number of hydrogen-bond donors (Lipinski definition) is 0. The van der Waals surface area contributed by atoms with Gasteiger partial charge in [0.2, 0.25) is 0 Å². The van der Waals surface area contributed by atoms with Crippen molar-refractivity contribution in [2.75, 3.05) is 0 Å². The van der Waals surface area contributed by atoms with Gasteiger partial charge in [-0.3, -0.25) is 0 Å². The third kappa shape index (κ3) is 2.65. The van der Waals surface area contributed by atoms with Crippen molar-refractivity contribution in [1.29, 1.82) is 0 Å². The maximum atomic E-state index is 6.46. The first kappa shape index (κ1) is 14.8. The van der Waals surface area contributed by atoms with Crippen molar-refractivity contribution in [3.63, 3.8) is 0 Å². The minimum atomic E-state index is 0.410. The molecule has 2 heteroatoms. The molecule has 0 bridgehead atoms. The van der Waals surface area contributed by atoms with E-state index >= 15 is 0 Å². The number of halogens is 1. The number of hydrogen-bond acceptors (Lipinski definition) is 1. The minimum Gasteiger partial charge on any atom is -0.374 e. The van der Waals surface area contributed by atoms with Gasteiger partial charge in [-0.2, -0.15) is 0 Å². The maximum Gasteiger partial charge on any atom is 0.0656 e. The van der Waals surface area contributed by atoms with E-state index in [1.165, 1.54) is 44.9 Å². The van der Waals surface area contributed by atoms with Crippen LogP contribution in [0.5, 0.6) is 0 Å². The Balaban J connectivity index is 1.88. The standard InChI is InChI=1S/C16H29BrO/c1-5-16(6-2)13(17)11-14(16)18-12-7-9-15(3,4)10-8-12/h12-14H,5-11H2,1-4H3. The third-order valence-corrected chi connectivity index (χ3v) is 6.93. The average Bonchev–Trinajstić information content (AvgIpc) is 2.32. The molecule has 0 N–H and O–H groups in total. The molecule has 2 aliphatic rings. The van der Waals surface area contributed by atoms with Crippen LogP contribution in [0.15, 0.2) is 0 Å². The highest BCUT2D eigenvalue weighted by atomic mass is 79.9. The van der Waals surface area contributed by atoms with Crippen molar-refractivity contribution < 1.29 is 4.74 Å². The average molecular weight is 317 g/mol. The summed E-state index contributed by atoms with van der Waals surface area (Å²) in [5.74, 6) is 0. The van der Waals surface area contributed by atoms with Crippen molar-refractivity contribution in [3.05, 3.63) is 0 Å². The van der Waals surface area contributed by atoms with Gasteiger partial charge in [-0.25, -0.2) is 0 Å². The van der Waals surface area contributed by atoms with Crippen LogP contribution in [-0.4, -0.2) is 17.0 Å². The van der Waals surface area contributed by atoms with E-state index in [1.807, 2.05) is 0 Å². The zero-order valence-electron chi connectivity index (χ0n) is 12.5. The first-order valence-electron chi connectivity index (χ1n) is 7.73. The molecule has 106 valence electrons. The van der Waals surface area contributed by atoms with Crippen molar-refractivity contribution in [1.82, 2.24) is 0 Å². The van der Waals surface area contributed by atoms with Gasteiger partial charge in [-0.05, 0) is 50.4 Å². The molecule has 2 saturated carbocycles. The van der Waals surface area contributed by atoms with Crippen molar-refractivity contribution in [3.8, 4) is 0 Å². The molecule has 0 aromatic rings. The van der Waals surface area contributed by atoms with Gasteiger partial charge in [0, 0.05) is 10.2 Å². The van der Waals surface area contributed by atoms with Crippen LogP contribution in [0, 0.1) is 10.8 Å². The van der Waals surface area contributed by atoms with E-state index in [4.69, 9.17) is 4.74 Å². The minimum absolute atomic E-state index is 0.410. The van der Waals surface area contributed by atoms with Crippen LogP contribution in [-0.2, 0) is 4.74 Å². The van der Waals surface area contributed by atoms with E-state index in [1.54, 1.807) is 0 Å². The van der Waals surface area contributed by atoms with E-state index in [0.717, 1.165) is 0 Å². The fraction of sp³-hybridized carbons (Fsp3) is 1.00. The summed E-state index contributed by atoms with van der Waals surface area (Å²) < 4.78 is 6.46. The summed E-state index contributed by atoms with van der Waals surface area (Å²) in [5.41, 5.74) is 0.955. The van der Waals surface area contributed by atoms with Gasteiger partial charge >= 0.3 is 0 Å². The lowest BCUT2D eigenvalue weighted by Crippen LogP contribution is -2.56. The predicted molar refractivity (Wildman–Crippen MR) is 81.3 cm³/mol. The van der Waals surface area contributed by atoms with E-state index < -0.39 is 0 Å². The van der Waals surface area contributed by atoms with E-state index in [-0.39, 0.29) is 0 Å². The van der Waals surface area contributed by atoms with Gasteiger partial charge in [0.1, 0.15) is 0 Å². The van der Waals surface area contributed by atoms with Gasteiger partial charge < -0.3 is 4.74 Å². The topological polar surface area (TPSA) is 9.23 Å². The fourth-order valence-corrected chi connectivity index (χ4v) is 5.06. The number of alkyl halides is 1.